The molecule has 0 amide bonds. The minimum Gasteiger partial charge on any atom is -0.316 e. The second kappa shape index (κ2) is 4.58. The van der Waals surface area contributed by atoms with Gasteiger partial charge >= 0.3 is 0 Å². The van der Waals surface area contributed by atoms with E-state index in [1.165, 1.54) is 30.6 Å². The second-order valence-corrected chi connectivity index (χ2v) is 5.50. The fraction of sp³-hybridized carbons (Fsp3) is 0.294. The third-order valence-electron chi connectivity index (χ3n) is 4.19. The van der Waals surface area contributed by atoms with Gasteiger partial charge in [0.05, 0.1) is 20.1 Å². The van der Waals surface area contributed by atoms with Crippen molar-refractivity contribution in [2.24, 2.45) is 0 Å². The fourth-order valence-electron chi connectivity index (χ4n) is 3.10. The molecule has 0 aliphatic carbocycles. The van der Waals surface area contributed by atoms with Crippen LogP contribution in [0.2, 0.25) is 0 Å². The molecule has 0 radical (unpaired) electrons. The van der Waals surface area contributed by atoms with Gasteiger partial charge in [0.1, 0.15) is 6.04 Å². The normalized spacial score (nSPS) is 17.4. The van der Waals surface area contributed by atoms with Crippen molar-refractivity contribution in [1.29, 1.82) is 0 Å². The first kappa shape index (κ1) is 11.5. The Morgan fingerprint density at radius 2 is 1.22 bits per heavy atom. The smallest absolute Gasteiger partial charge is 0.140 e. The molecule has 3 rings (SSSR count). The predicted molar refractivity (Wildman–Crippen MR) is 75.3 cm³/mol. The molecular formula is C17H20N+. The van der Waals surface area contributed by atoms with E-state index in [9.17, 15) is 0 Å². The Morgan fingerprint density at radius 1 is 0.778 bits per heavy atom. The molecule has 1 nitrogen and oxygen atoms in total. The van der Waals surface area contributed by atoms with Crippen LogP contribution in [-0.4, -0.2) is 24.6 Å². The molecule has 1 fully saturated rings. The summed E-state index contributed by atoms with van der Waals surface area (Å²) in [4.78, 5) is 0. The topological polar surface area (TPSA) is 0 Å². The van der Waals surface area contributed by atoms with Crippen LogP contribution < -0.4 is 0 Å². The first-order valence-electron chi connectivity index (χ1n) is 6.74. The highest BCUT2D eigenvalue weighted by atomic mass is 15.4. The molecule has 0 bridgehead atoms. The summed E-state index contributed by atoms with van der Waals surface area (Å²) in [5.74, 6) is 0. The summed E-state index contributed by atoms with van der Waals surface area (Å²) in [5.41, 5.74) is 2.87. The average Bonchev–Trinajstić information content (AvgIpc) is 2.40. The van der Waals surface area contributed by atoms with Gasteiger partial charge in [-0.15, -0.1) is 0 Å². The molecular weight excluding hydrogens is 218 g/mol. The van der Waals surface area contributed by atoms with E-state index in [1.807, 2.05) is 0 Å². The maximum absolute atomic E-state index is 2.38. The van der Waals surface area contributed by atoms with Crippen molar-refractivity contribution in [3.63, 3.8) is 0 Å². The van der Waals surface area contributed by atoms with Crippen molar-refractivity contribution in [3.8, 4) is 0 Å². The van der Waals surface area contributed by atoms with Crippen LogP contribution in [0.5, 0.6) is 0 Å². The number of likely N-dealkylation sites (tertiary alicyclic amines) is 1. The average molecular weight is 238 g/mol. The number of nitrogens with zero attached hydrogens (tertiary/aromatic N) is 1. The Balaban J connectivity index is 2.05. The van der Waals surface area contributed by atoms with E-state index in [2.05, 4.69) is 67.7 Å². The third-order valence-corrected chi connectivity index (χ3v) is 4.19. The van der Waals surface area contributed by atoms with Crippen LogP contribution in [0.3, 0.4) is 0 Å². The van der Waals surface area contributed by atoms with E-state index in [0.717, 1.165) is 4.48 Å². The summed E-state index contributed by atoms with van der Waals surface area (Å²) < 4.78 is 1.15. The Hall–Kier alpha value is -1.60. The number of hydrogen-bond acceptors (Lipinski definition) is 0. The molecule has 2 aromatic carbocycles. The molecule has 1 aliphatic rings. The Morgan fingerprint density at radius 3 is 1.56 bits per heavy atom. The van der Waals surface area contributed by atoms with Gasteiger partial charge in [0.25, 0.3) is 0 Å². The lowest BCUT2D eigenvalue weighted by atomic mass is 9.92. The molecule has 1 aliphatic heterocycles. The number of quaternary nitrogens is 1. The van der Waals surface area contributed by atoms with E-state index in [-0.39, 0.29) is 0 Å². The number of rotatable bonds is 3. The van der Waals surface area contributed by atoms with Gasteiger partial charge in [0, 0.05) is 17.5 Å². The quantitative estimate of drug-likeness (QED) is 0.716. The first-order chi connectivity index (χ1) is 8.80. The van der Waals surface area contributed by atoms with E-state index < -0.39 is 0 Å². The second-order valence-electron chi connectivity index (χ2n) is 5.50. The van der Waals surface area contributed by atoms with Crippen molar-refractivity contribution in [1.82, 2.24) is 0 Å². The summed E-state index contributed by atoms with van der Waals surface area (Å²) >= 11 is 0. The maximum atomic E-state index is 2.38. The fourth-order valence-corrected chi connectivity index (χ4v) is 3.10. The SMILES string of the molecule is C[N+]1(C(c2ccccc2)c2ccccc2)CCC1. The first-order valence-corrected chi connectivity index (χ1v) is 6.74. The van der Waals surface area contributed by atoms with E-state index in [1.54, 1.807) is 0 Å². The van der Waals surface area contributed by atoms with E-state index in [4.69, 9.17) is 0 Å². The zero-order valence-corrected chi connectivity index (χ0v) is 10.9. The number of hydrogen-bond donors (Lipinski definition) is 0. The molecule has 0 N–H and O–H groups in total. The lowest BCUT2D eigenvalue weighted by Gasteiger charge is -2.48. The minimum absolute atomic E-state index is 0.487. The van der Waals surface area contributed by atoms with Crippen molar-refractivity contribution < 1.29 is 4.48 Å². The minimum atomic E-state index is 0.487. The van der Waals surface area contributed by atoms with Gasteiger partial charge in [-0.25, -0.2) is 0 Å². The van der Waals surface area contributed by atoms with Crippen molar-refractivity contribution in [2.45, 2.75) is 12.5 Å². The number of benzene rings is 2. The van der Waals surface area contributed by atoms with Gasteiger partial charge in [0.2, 0.25) is 0 Å². The zero-order valence-electron chi connectivity index (χ0n) is 10.9. The van der Waals surface area contributed by atoms with Crippen molar-refractivity contribution in [2.75, 3.05) is 20.1 Å². The molecule has 1 saturated heterocycles. The molecule has 0 spiro atoms. The lowest BCUT2D eigenvalue weighted by Crippen LogP contribution is -2.56. The van der Waals surface area contributed by atoms with Gasteiger partial charge in [-0.1, -0.05) is 60.7 Å². The molecule has 2 aromatic rings. The predicted octanol–water partition coefficient (Wildman–Crippen LogP) is 3.63. The lowest BCUT2D eigenvalue weighted by molar-refractivity contribution is -0.969. The van der Waals surface area contributed by atoms with E-state index in [0.29, 0.717) is 6.04 Å². The highest BCUT2D eigenvalue weighted by Gasteiger charge is 2.40. The standard InChI is InChI=1S/C17H20N/c1-18(13-8-14-18)17(15-9-4-2-5-10-15)16-11-6-3-7-12-16/h2-7,9-12,17H,8,13-14H2,1H3/q+1. The summed E-state index contributed by atoms with van der Waals surface area (Å²) in [6.45, 7) is 2.57. The summed E-state index contributed by atoms with van der Waals surface area (Å²) in [7, 11) is 2.38. The van der Waals surface area contributed by atoms with Crippen LogP contribution in [-0.2, 0) is 0 Å². The highest BCUT2D eigenvalue weighted by molar-refractivity contribution is 5.30. The van der Waals surface area contributed by atoms with Crippen molar-refractivity contribution in [3.05, 3.63) is 71.8 Å². The summed E-state index contributed by atoms with van der Waals surface area (Å²) in [5, 5.41) is 0. The molecule has 1 heteroatoms. The van der Waals surface area contributed by atoms with Crippen LogP contribution >= 0.6 is 0 Å². The van der Waals surface area contributed by atoms with Gasteiger partial charge in [-0.3, -0.25) is 0 Å². The van der Waals surface area contributed by atoms with Crippen LogP contribution in [0.4, 0.5) is 0 Å². The molecule has 18 heavy (non-hydrogen) atoms. The zero-order chi connectivity index (χ0) is 12.4. The third kappa shape index (κ3) is 1.95. The Kier molecular flexibility index (Phi) is 2.92. The van der Waals surface area contributed by atoms with Crippen LogP contribution in [0, 0.1) is 0 Å². The molecule has 0 saturated carbocycles. The van der Waals surface area contributed by atoms with Gasteiger partial charge in [0.15, 0.2) is 0 Å². The molecule has 0 atom stereocenters. The van der Waals surface area contributed by atoms with E-state index >= 15 is 0 Å². The Bertz CT molecular complexity index is 460. The largest absolute Gasteiger partial charge is 0.316 e. The molecule has 0 unspecified atom stereocenters. The van der Waals surface area contributed by atoms with Crippen LogP contribution in [0.25, 0.3) is 0 Å². The molecule has 0 aromatic heterocycles. The Labute approximate surface area is 109 Å². The maximum Gasteiger partial charge on any atom is 0.140 e. The summed E-state index contributed by atoms with van der Waals surface area (Å²) in [6.07, 6.45) is 1.35. The van der Waals surface area contributed by atoms with Gasteiger partial charge < -0.3 is 4.48 Å². The van der Waals surface area contributed by atoms with Gasteiger partial charge in [-0.05, 0) is 0 Å². The molecule has 92 valence electrons. The van der Waals surface area contributed by atoms with Crippen LogP contribution in [0.1, 0.15) is 23.6 Å². The monoisotopic (exact) mass is 238 g/mol. The molecule has 1 heterocycles. The summed E-state index contributed by atoms with van der Waals surface area (Å²) in [6, 6.07) is 22.3. The van der Waals surface area contributed by atoms with Crippen molar-refractivity contribution >= 4 is 0 Å². The van der Waals surface area contributed by atoms with Gasteiger partial charge in [-0.2, -0.15) is 0 Å². The van der Waals surface area contributed by atoms with Crippen LogP contribution in [0.15, 0.2) is 60.7 Å². The highest BCUT2D eigenvalue weighted by Crippen LogP contribution is 2.37.